The number of nitro groups is 1. The molecule has 2 N–H and O–H groups in total. The first-order chi connectivity index (χ1) is 10.1. The van der Waals surface area contributed by atoms with Crippen molar-refractivity contribution in [3.8, 4) is 0 Å². The summed E-state index contributed by atoms with van der Waals surface area (Å²) in [5.74, 6) is -0.384. The van der Waals surface area contributed by atoms with Crippen LogP contribution < -0.4 is 10.2 Å². The molecule has 1 heterocycles. The molecule has 0 bridgehead atoms. The number of morpholine rings is 1. The van der Waals surface area contributed by atoms with Gasteiger partial charge in [0.2, 0.25) is 0 Å². The Hall–Kier alpha value is -2.19. The van der Waals surface area contributed by atoms with Gasteiger partial charge in [-0.3, -0.25) is 14.9 Å². The molecule has 1 unspecified atom stereocenters. The molecule has 0 aliphatic carbocycles. The molecule has 2 rings (SSSR count). The number of nitrogens with zero attached hydrogens (tertiary/aromatic N) is 2. The summed E-state index contributed by atoms with van der Waals surface area (Å²) in [5.41, 5.74) is 0.452. The zero-order valence-corrected chi connectivity index (χ0v) is 11.6. The lowest BCUT2D eigenvalue weighted by Gasteiger charge is -2.35. The van der Waals surface area contributed by atoms with Crippen molar-refractivity contribution < 1.29 is 19.6 Å². The van der Waals surface area contributed by atoms with E-state index < -0.39 is 4.92 Å². The topological polar surface area (TPSA) is 105 Å². The van der Waals surface area contributed by atoms with Crippen LogP contribution in [0.2, 0.25) is 0 Å². The van der Waals surface area contributed by atoms with Gasteiger partial charge in [0.1, 0.15) is 5.69 Å². The minimum atomic E-state index is -0.522. The number of benzene rings is 1. The van der Waals surface area contributed by atoms with Gasteiger partial charge in [0, 0.05) is 25.2 Å². The van der Waals surface area contributed by atoms with Gasteiger partial charge in [-0.05, 0) is 12.1 Å². The maximum Gasteiger partial charge on any atom is 0.293 e. The number of rotatable bonds is 4. The van der Waals surface area contributed by atoms with E-state index in [4.69, 9.17) is 4.74 Å². The van der Waals surface area contributed by atoms with Crippen LogP contribution in [0.25, 0.3) is 0 Å². The molecule has 1 atom stereocenters. The normalized spacial score (nSPS) is 18.4. The molecular formula is C13H17N3O5. The maximum absolute atomic E-state index is 11.6. The molecule has 1 saturated heterocycles. The van der Waals surface area contributed by atoms with E-state index in [1.165, 1.54) is 25.2 Å². The van der Waals surface area contributed by atoms with E-state index in [2.05, 4.69) is 5.32 Å². The number of ether oxygens (including phenoxy) is 1. The van der Waals surface area contributed by atoms with Crippen LogP contribution in [0.15, 0.2) is 18.2 Å². The van der Waals surface area contributed by atoms with Gasteiger partial charge in [0.05, 0.1) is 30.8 Å². The fraction of sp³-hybridized carbons (Fsp3) is 0.462. The molecule has 1 fully saturated rings. The molecule has 1 aliphatic heterocycles. The molecule has 114 valence electrons. The number of carbonyl (C=O) groups is 1. The van der Waals surface area contributed by atoms with Crippen LogP contribution in [0.5, 0.6) is 0 Å². The van der Waals surface area contributed by atoms with Crippen LogP contribution in [0.4, 0.5) is 11.4 Å². The van der Waals surface area contributed by atoms with E-state index in [1.54, 1.807) is 4.90 Å². The van der Waals surface area contributed by atoms with Crippen molar-refractivity contribution in [1.29, 1.82) is 0 Å². The number of nitro benzene ring substituents is 1. The Kier molecular flexibility index (Phi) is 4.71. The number of aliphatic hydroxyl groups is 1. The van der Waals surface area contributed by atoms with E-state index in [0.29, 0.717) is 25.4 Å². The second-order valence-electron chi connectivity index (χ2n) is 4.64. The number of anilines is 1. The van der Waals surface area contributed by atoms with Crippen molar-refractivity contribution in [1.82, 2.24) is 5.32 Å². The van der Waals surface area contributed by atoms with E-state index in [9.17, 15) is 20.0 Å². The first-order valence-corrected chi connectivity index (χ1v) is 6.54. The summed E-state index contributed by atoms with van der Waals surface area (Å²) >= 11 is 0. The predicted octanol–water partition coefficient (Wildman–Crippen LogP) is 0.152. The third kappa shape index (κ3) is 3.11. The molecule has 0 aromatic heterocycles. The third-order valence-corrected chi connectivity index (χ3v) is 3.41. The van der Waals surface area contributed by atoms with Crippen LogP contribution in [0.1, 0.15) is 10.4 Å². The van der Waals surface area contributed by atoms with Gasteiger partial charge in [-0.1, -0.05) is 0 Å². The summed E-state index contributed by atoms with van der Waals surface area (Å²) in [6.07, 6.45) is 0. The van der Waals surface area contributed by atoms with Crippen LogP contribution in [-0.4, -0.2) is 55.4 Å². The fourth-order valence-corrected chi connectivity index (χ4v) is 2.32. The molecule has 1 aromatic carbocycles. The van der Waals surface area contributed by atoms with E-state index in [1.807, 2.05) is 0 Å². The monoisotopic (exact) mass is 295 g/mol. The zero-order valence-electron chi connectivity index (χ0n) is 11.6. The lowest BCUT2D eigenvalue weighted by molar-refractivity contribution is -0.384. The van der Waals surface area contributed by atoms with E-state index in [0.717, 1.165) is 0 Å². The predicted molar refractivity (Wildman–Crippen MR) is 75.5 cm³/mol. The van der Waals surface area contributed by atoms with Crippen molar-refractivity contribution in [2.75, 3.05) is 38.3 Å². The highest BCUT2D eigenvalue weighted by atomic mass is 16.6. The average molecular weight is 295 g/mol. The van der Waals surface area contributed by atoms with Crippen LogP contribution >= 0.6 is 0 Å². The molecule has 1 aliphatic rings. The Morgan fingerprint density at radius 3 is 3.00 bits per heavy atom. The highest BCUT2D eigenvalue weighted by Crippen LogP contribution is 2.31. The smallest absolute Gasteiger partial charge is 0.293 e. The molecule has 0 radical (unpaired) electrons. The Labute approximate surface area is 121 Å². The second kappa shape index (κ2) is 6.51. The molecule has 8 heteroatoms. The summed E-state index contributed by atoms with van der Waals surface area (Å²) in [4.78, 5) is 24.1. The van der Waals surface area contributed by atoms with Crippen molar-refractivity contribution in [3.63, 3.8) is 0 Å². The maximum atomic E-state index is 11.6. The highest BCUT2D eigenvalue weighted by Gasteiger charge is 2.28. The minimum absolute atomic E-state index is 0.156. The quantitative estimate of drug-likeness (QED) is 0.605. The number of hydrogen-bond acceptors (Lipinski definition) is 6. The van der Waals surface area contributed by atoms with Crippen LogP contribution in [0, 0.1) is 10.1 Å². The Balaban J connectivity index is 2.42. The highest BCUT2D eigenvalue weighted by molar-refractivity contribution is 5.95. The number of hydrogen-bond donors (Lipinski definition) is 2. The lowest BCUT2D eigenvalue weighted by atomic mass is 10.1. The van der Waals surface area contributed by atoms with Crippen molar-refractivity contribution in [2.24, 2.45) is 0 Å². The average Bonchev–Trinajstić information content (AvgIpc) is 2.53. The van der Waals surface area contributed by atoms with Gasteiger partial charge in [-0.25, -0.2) is 0 Å². The Morgan fingerprint density at radius 1 is 1.62 bits per heavy atom. The SMILES string of the molecule is CNC(=O)c1ccc(N2CCOCC2CO)c([N+](=O)[O-])c1. The van der Waals surface area contributed by atoms with E-state index >= 15 is 0 Å². The lowest BCUT2D eigenvalue weighted by Crippen LogP contribution is -2.47. The van der Waals surface area contributed by atoms with Gasteiger partial charge in [0.15, 0.2) is 0 Å². The number of amides is 1. The first-order valence-electron chi connectivity index (χ1n) is 6.54. The Morgan fingerprint density at radius 2 is 2.38 bits per heavy atom. The largest absolute Gasteiger partial charge is 0.394 e. The molecule has 0 saturated carbocycles. The second-order valence-corrected chi connectivity index (χ2v) is 4.64. The van der Waals surface area contributed by atoms with Gasteiger partial charge in [0.25, 0.3) is 11.6 Å². The molecule has 21 heavy (non-hydrogen) atoms. The van der Waals surface area contributed by atoms with Gasteiger partial charge >= 0.3 is 0 Å². The molecular weight excluding hydrogens is 278 g/mol. The summed E-state index contributed by atoms with van der Waals surface area (Å²) < 4.78 is 5.27. The summed E-state index contributed by atoms with van der Waals surface area (Å²) in [6, 6.07) is 3.99. The van der Waals surface area contributed by atoms with Crippen molar-refractivity contribution in [3.05, 3.63) is 33.9 Å². The minimum Gasteiger partial charge on any atom is -0.394 e. The van der Waals surface area contributed by atoms with Gasteiger partial charge in [-0.15, -0.1) is 0 Å². The molecule has 0 spiro atoms. The standard InChI is InChI=1S/C13H17N3O5/c1-14-13(18)9-2-3-11(12(6-9)16(19)20)15-4-5-21-8-10(15)7-17/h2-3,6,10,17H,4-5,7-8H2,1H3,(H,14,18). The van der Waals surface area contributed by atoms with Gasteiger partial charge in [-0.2, -0.15) is 0 Å². The number of aliphatic hydroxyl groups excluding tert-OH is 1. The summed E-state index contributed by atoms with van der Waals surface area (Å²) in [7, 11) is 1.46. The fourth-order valence-electron chi connectivity index (χ4n) is 2.32. The molecule has 1 amide bonds. The zero-order chi connectivity index (χ0) is 15.4. The van der Waals surface area contributed by atoms with Crippen LogP contribution in [0.3, 0.4) is 0 Å². The summed E-state index contributed by atoms with van der Waals surface area (Å²) in [5, 5.41) is 23.1. The molecule has 1 aromatic rings. The van der Waals surface area contributed by atoms with Crippen molar-refractivity contribution in [2.45, 2.75) is 6.04 Å². The van der Waals surface area contributed by atoms with Gasteiger partial charge < -0.3 is 20.1 Å². The third-order valence-electron chi connectivity index (χ3n) is 3.41. The molecule has 8 nitrogen and oxygen atoms in total. The summed E-state index contributed by atoms with van der Waals surface area (Å²) in [6.45, 7) is 1.04. The van der Waals surface area contributed by atoms with Crippen LogP contribution in [-0.2, 0) is 4.74 Å². The number of carbonyl (C=O) groups excluding carboxylic acids is 1. The van der Waals surface area contributed by atoms with E-state index in [-0.39, 0.29) is 29.8 Å². The Bertz CT molecular complexity index is 549. The first kappa shape index (κ1) is 15.2. The number of nitrogens with one attached hydrogen (secondary N) is 1. The van der Waals surface area contributed by atoms with Crippen molar-refractivity contribution >= 4 is 17.3 Å².